The number of aliphatic carboxylic acids is 1. The smallest absolute Gasteiger partial charge is 0.324 e. The van der Waals surface area contributed by atoms with Crippen molar-refractivity contribution in [3.8, 4) is 0 Å². The number of ether oxygens (including phenoxy) is 1. The molecule has 4 heteroatoms. The molecule has 0 amide bonds. The lowest BCUT2D eigenvalue weighted by Gasteiger charge is -2.39. The topological polar surface area (TPSA) is 49.8 Å². The molecule has 0 spiro atoms. The van der Waals surface area contributed by atoms with E-state index in [2.05, 4.69) is 4.90 Å². The highest BCUT2D eigenvalue weighted by atomic mass is 16.5. The molecule has 0 bridgehead atoms. The Morgan fingerprint density at radius 2 is 2.15 bits per heavy atom. The third-order valence-electron chi connectivity index (χ3n) is 4.41. The lowest BCUT2D eigenvalue weighted by molar-refractivity contribution is -0.152. The molecule has 110 valence electrons. The van der Waals surface area contributed by atoms with E-state index in [1.807, 2.05) is 37.3 Å². The first-order valence-electron chi connectivity index (χ1n) is 7.19. The number of methoxy groups -OCH3 is 1. The minimum atomic E-state index is -0.751. The Bertz CT molecular complexity index is 448. The number of carbonyl (C=O) groups is 1. The number of rotatable bonds is 6. The van der Waals surface area contributed by atoms with Crippen molar-refractivity contribution in [2.45, 2.75) is 37.8 Å². The van der Waals surface area contributed by atoms with E-state index in [0.29, 0.717) is 19.4 Å². The largest absolute Gasteiger partial charge is 0.480 e. The number of nitrogens with zero attached hydrogens (tertiary/aromatic N) is 1. The average Bonchev–Trinajstić information content (AvgIpc) is 2.90. The Morgan fingerprint density at radius 1 is 1.45 bits per heavy atom. The molecular formula is C16H23NO3. The maximum atomic E-state index is 11.8. The van der Waals surface area contributed by atoms with Crippen LogP contribution in [0.2, 0.25) is 0 Å². The summed E-state index contributed by atoms with van der Waals surface area (Å²) < 4.78 is 5.35. The van der Waals surface area contributed by atoms with E-state index in [0.717, 1.165) is 18.5 Å². The summed E-state index contributed by atoms with van der Waals surface area (Å²) in [6.07, 6.45) is 2.26. The van der Waals surface area contributed by atoms with Crippen LogP contribution in [0.15, 0.2) is 30.3 Å². The molecule has 1 aromatic rings. The number of hydrogen-bond acceptors (Lipinski definition) is 3. The van der Waals surface area contributed by atoms with Gasteiger partial charge in [0.2, 0.25) is 0 Å². The van der Waals surface area contributed by atoms with Crippen molar-refractivity contribution in [2.24, 2.45) is 0 Å². The summed E-state index contributed by atoms with van der Waals surface area (Å²) >= 11 is 0. The quantitative estimate of drug-likeness (QED) is 0.868. The maximum Gasteiger partial charge on any atom is 0.324 e. The van der Waals surface area contributed by atoms with Gasteiger partial charge in [0.1, 0.15) is 5.54 Å². The van der Waals surface area contributed by atoms with E-state index in [1.54, 1.807) is 7.11 Å². The fraction of sp³-hybridized carbons (Fsp3) is 0.562. The zero-order valence-corrected chi connectivity index (χ0v) is 12.2. The van der Waals surface area contributed by atoms with Gasteiger partial charge in [-0.1, -0.05) is 37.3 Å². The summed E-state index contributed by atoms with van der Waals surface area (Å²) in [5.41, 5.74) is 0.370. The monoisotopic (exact) mass is 277 g/mol. The van der Waals surface area contributed by atoms with E-state index < -0.39 is 11.5 Å². The van der Waals surface area contributed by atoms with Gasteiger partial charge >= 0.3 is 5.97 Å². The highest BCUT2D eigenvalue weighted by Crippen LogP contribution is 2.39. The summed E-state index contributed by atoms with van der Waals surface area (Å²) in [7, 11) is 1.67. The van der Waals surface area contributed by atoms with E-state index in [9.17, 15) is 9.90 Å². The highest BCUT2D eigenvalue weighted by molar-refractivity contribution is 5.79. The Hall–Kier alpha value is -1.39. The zero-order chi connectivity index (χ0) is 14.6. The van der Waals surface area contributed by atoms with E-state index >= 15 is 0 Å². The van der Waals surface area contributed by atoms with Crippen LogP contribution in [-0.4, -0.2) is 41.8 Å². The van der Waals surface area contributed by atoms with Gasteiger partial charge < -0.3 is 9.84 Å². The van der Waals surface area contributed by atoms with Crippen LogP contribution in [-0.2, 0) is 9.53 Å². The molecule has 20 heavy (non-hydrogen) atoms. The molecule has 1 aliphatic rings. The lowest BCUT2D eigenvalue weighted by Crippen LogP contribution is -2.52. The first-order valence-corrected chi connectivity index (χ1v) is 7.19. The van der Waals surface area contributed by atoms with Crippen LogP contribution in [0.25, 0.3) is 0 Å². The number of carboxylic acids is 1. The Kier molecular flexibility index (Phi) is 4.78. The van der Waals surface area contributed by atoms with Crippen LogP contribution in [0, 0.1) is 0 Å². The summed E-state index contributed by atoms with van der Waals surface area (Å²) in [6, 6.07) is 10.0. The van der Waals surface area contributed by atoms with Crippen molar-refractivity contribution in [3.63, 3.8) is 0 Å². The molecule has 2 rings (SSSR count). The molecule has 2 unspecified atom stereocenters. The van der Waals surface area contributed by atoms with Crippen LogP contribution in [0.4, 0.5) is 0 Å². The number of likely N-dealkylation sites (tertiary alicyclic amines) is 1. The standard InChI is InChI=1S/C16H23NO3/c1-3-16(15(18)19)10-7-11-17(16)14(12-20-2)13-8-5-4-6-9-13/h4-6,8-9,14H,3,7,10-12H2,1-2H3,(H,18,19). The Balaban J connectivity index is 2.36. The van der Waals surface area contributed by atoms with Crippen LogP contribution in [0.3, 0.4) is 0 Å². The van der Waals surface area contributed by atoms with Crippen molar-refractivity contribution in [1.29, 1.82) is 0 Å². The molecule has 1 fully saturated rings. The number of carboxylic acid groups (broad SMARTS) is 1. The van der Waals surface area contributed by atoms with Crippen LogP contribution in [0.5, 0.6) is 0 Å². The minimum Gasteiger partial charge on any atom is -0.480 e. The molecule has 0 aliphatic carbocycles. The number of benzene rings is 1. The van der Waals surface area contributed by atoms with Crippen molar-refractivity contribution in [3.05, 3.63) is 35.9 Å². The lowest BCUT2D eigenvalue weighted by atomic mass is 9.90. The van der Waals surface area contributed by atoms with Gasteiger partial charge in [-0.25, -0.2) is 0 Å². The van der Waals surface area contributed by atoms with Gasteiger partial charge in [0, 0.05) is 13.7 Å². The van der Waals surface area contributed by atoms with Crippen LogP contribution < -0.4 is 0 Å². The second-order valence-corrected chi connectivity index (χ2v) is 5.37. The fourth-order valence-corrected chi connectivity index (χ4v) is 3.31. The molecular weight excluding hydrogens is 254 g/mol. The van der Waals surface area contributed by atoms with Gasteiger partial charge in [0.25, 0.3) is 0 Å². The second-order valence-electron chi connectivity index (χ2n) is 5.37. The Morgan fingerprint density at radius 3 is 2.70 bits per heavy atom. The first kappa shape index (κ1) is 15.0. The molecule has 1 saturated heterocycles. The SMILES string of the molecule is CCC1(C(=O)O)CCCN1C(COC)c1ccccc1. The molecule has 1 heterocycles. The highest BCUT2D eigenvalue weighted by Gasteiger charge is 2.49. The minimum absolute atomic E-state index is 0.000231. The first-order chi connectivity index (χ1) is 9.65. The van der Waals surface area contributed by atoms with Crippen molar-refractivity contribution in [1.82, 2.24) is 4.90 Å². The third kappa shape index (κ3) is 2.58. The number of hydrogen-bond donors (Lipinski definition) is 1. The molecule has 0 radical (unpaired) electrons. The Labute approximate surface area is 120 Å². The van der Waals surface area contributed by atoms with Gasteiger partial charge in [-0.05, 0) is 24.8 Å². The van der Waals surface area contributed by atoms with Gasteiger partial charge in [0.15, 0.2) is 0 Å². The molecule has 1 aromatic carbocycles. The van der Waals surface area contributed by atoms with E-state index in [4.69, 9.17) is 4.74 Å². The van der Waals surface area contributed by atoms with Crippen molar-refractivity contribution >= 4 is 5.97 Å². The summed E-state index contributed by atoms with van der Waals surface area (Å²) in [4.78, 5) is 13.9. The van der Waals surface area contributed by atoms with Gasteiger partial charge in [-0.15, -0.1) is 0 Å². The summed E-state index contributed by atoms with van der Waals surface area (Å²) in [5, 5.41) is 9.72. The van der Waals surface area contributed by atoms with Crippen molar-refractivity contribution < 1.29 is 14.6 Å². The average molecular weight is 277 g/mol. The molecule has 4 nitrogen and oxygen atoms in total. The second kappa shape index (κ2) is 6.37. The maximum absolute atomic E-state index is 11.8. The van der Waals surface area contributed by atoms with Crippen LogP contribution >= 0.6 is 0 Å². The molecule has 2 atom stereocenters. The molecule has 1 N–H and O–H groups in total. The molecule has 0 aromatic heterocycles. The third-order valence-corrected chi connectivity index (χ3v) is 4.41. The summed E-state index contributed by atoms with van der Waals surface area (Å²) in [5.74, 6) is -0.713. The predicted octanol–water partition coefficient (Wildman–Crippen LogP) is 2.70. The molecule has 0 saturated carbocycles. The zero-order valence-electron chi connectivity index (χ0n) is 12.2. The van der Waals surface area contributed by atoms with Gasteiger partial charge in [-0.2, -0.15) is 0 Å². The predicted molar refractivity (Wildman–Crippen MR) is 77.7 cm³/mol. The fourth-order valence-electron chi connectivity index (χ4n) is 3.31. The molecule has 1 aliphatic heterocycles. The van der Waals surface area contributed by atoms with Gasteiger partial charge in [-0.3, -0.25) is 9.69 Å². The van der Waals surface area contributed by atoms with E-state index in [-0.39, 0.29) is 6.04 Å². The summed E-state index contributed by atoms with van der Waals surface area (Å²) in [6.45, 7) is 3.28. The van der Waals surface area contributed by atoms with Gasteiger partial charge in [0.05, 0.1) is 12.6 Å². The van der Waals surface area contributed by atoms with E-state index in [1.165, 1.54) is 0 Å². The van der Waals surface area contributed by atoms with Crippen LogP contribution in [0.1, 0.15) is 37.8 Å². The van der Waals surface area contributed by atoms with Crippen molar-refractivity contribution in [2.75, 3.05) is 20.3 Å². The normalized spacial score (nSPS) is 24.7.